The minimum Gasteiger partial charge on any atom is -0.374 e. The molecule has 20 heavy (non-hydrogen) atoms. The van der Waals surface area contributed by atoms with Gasteiger partial charge in [0.1, 0.15) is 0 Å². The van der Waals surface area contributed by atoms with E-state index in [9.17, 15) is 0 Å². The van der Waals surface area contributed by atoms with Gasteiger partial charge in [-0.05, 0) is 56.4 Å². The monoisotopic (exact) mass is 271 g/mol. The van der Waals surface area contributed by atoms with E-state index < -0.39 is 0 Å². The molecule has 0 saturated carbocycles. The Bertz CT molecular complexity index is 517. The minimum absolute atomic E-state index is 1.03. The Morgan fingerprint density at radius 1 is 1.15 bits per heavy atom. The van der Waals surface area contributed by atoms with E-state index in [-0.39, 0.29) is 0 Å². The summed E-state index contributed by atoms with van der Waals surface area (Å²) in [6, 6.07) is 8.64. The maximum Gasteiger partial charge on any atom is 0.0489 e. The molecule has 0 spiro atoms. The lowest BCUT2D eigenvalue weighted by Crippen LogP contribution is -2.19. The molecular formula is C17H25N3. The molecule has 0 aliphatic heterocycles. The van der Waals surface area contributed by atoms with Crippen LogP contribution in [0, 0.1) is 13.8 Å². The lowest BCUT2D eigenvalue weighted by Gasteiger charge is -2.22. The summed E-state index contributed by atoms with van der Waals surface area (Å²) in [5.41, 5.74) is 4.04. The molecule has 1 heterocycles. The lowest BCUT2D eigenvalue weighted by molar-refractivity contribution is 0.544. The first-order valence-electron chi connectivity index (χ1n) is 7.42. The molecule has 0 fully saturated rings. The van der Waals surface area contributed by atoms with E-state index in [1.807, 2.05) is 23.1 Å². The molecule has 0 aliphatic rings. The minimum atomic E-state index is 1.03. The average molecular weight is 271 g/mol. The maximum atomic E-state index is 4.22. The second-order valence-corrected chi connectivity index (χ2v) is 5.54. The number of anilines is 1. The van der Waals surface area contributed by atoms with Gasteiger partial charge in [0.25, 0.3) is 0 Å². The molecule has 1 aromatic heterocycles. The Kier molecular flexibility index (Phi) is 5.22. The number of benzene rings is 1. The summed E-state index contributed by atoms with van der Waals surface area (Å²) in [5, 5.41) is 4.22. The predicted molar refractivity (Wildman–Crippen MR) is 85.3 cm³/mol. The smallest absolute Gasteiger partial charge is 0.0489 e. The number of nitrogens with zero attached hydrogens (tertiary/aromatic N) is 3. The van der Waals surface area contributed by atoms with E-state index in [0.29, 0.717) is 0 Å². The van der Waals surface area contributed by atoms with Crippen molar-refractivity contribution in [3.8, 4) is 0 Å². The summed E-state index contributed by atoms with van der Waals surface area (Å²) < 4.78 is 2.01. The van der Waals surface area contributed by atoms with Crippen LogP contribution in [0.5, 0.6) is 0 Å². The van der Waals surface area contributed by atoms with Crippen molar-refractivity contribution in [2.75, 3.05) is 18.5 Å². The number of rotatable bonds is 7. The first-order chi connectivity index (χ1) is 9.66. The SMILES string of the molecule is Cc1ccc(C)c(N(C)CCCCCn2cccn2)c1. The van der Waals surface area contributed by atoms with Gasteiger partial charge in [0, 0.05) is 38.2 Å². The zero-order valence-electron chi connectivity index (χ0n) is 12.8. The number of aryl methyl sites for hydroxylation is 3. The van der Waals surface area contributed by atoms with Crippen LogP contribution in [0.25, 0.3) is 0 Å². The highest BCUT2D eigenvalue weighted by Gasteiger charge is 2.04. The van der Waals surface area contributed by atoms with Crippen LogP contribution in [-0.4, -0.2) is 23.4 Å². The molecule has 0 radical (unpaired) electrons. The van der Waals surface area contributed by atoms with Crippen LogP contribution < -0.4 is 4.90 Å². The Balaban J connectivity index is 1.72. The Hall–Kier alpha value is -1.77. The van der Waals surface area contributed by atoms with E-state index in [1.54, 1.807) is 0 Å². The van der Waals surface area contributed by atoms with E-state index in [4.69, 9.17) is 0 Å². The van der Waals surface area contributed by atoms with E-state index in [0.717, 1.165) is 13.1 Å². The van der Waals surface area contributed by atoms with Gasteiger partial charge < -0.3 is 4.90 Å². The Morgan fingerprint density at radius 3 is 2.75 bits per heavy atom. The zero-order valence-corrected chi connectivity index (χ0v) is 12.8. The van der Waals surface area contributed by atoms with Crippen molar-refractivity contribution in [2.24, 2.45) is 0 Å². The highest BCUT2D eigenvalue weighted by Crippen LogP contribution is 2.20. The fourth-order valence-electron chi connectivity index (χ4n) is 2.48. The largest absolute Gasteiger partial charge is 0.374 e. The highest BCUT2D eigenvalue weighted by molar-refractivity contribution is 5.54. The maximum absolute atomic E-state index is 4.22. The van der Waals surface area contributed by atoms with Gasteiger partial charge in [0.2, 0.25) is 0 Å². The molecule has 1 aromatic carbocycles. The van der Waals surface area contributed by atoms with Crippen LogP contribution in [0.4, 0.5) is 5.69 Å². The number of aromatic nitrogens is 2. The van der Waals surface area contributed by atoms with Crippen molar-refractivity contribution < 1.29 is 0 Å². The molecule has 108 valence electrons. The van der Waals surface area contributed by atoms with E-state index >= 15 is 0 Å². The first-order valence-corrected chi connectivity index (χ1v) is 7.42. The summed E-state index contributed by atoms with van der Waals surface area (Å²) in [6.45, 7) is 6.48. The molecule has 0 N–H and O–H groups in total. The molecule has 0 unspecified atom stereocenters. The molecule has 0 amide bonds. The van der Waals surface area contributed by atoms with E-state index in [2.05, 4.69) is 49.1 Å². The fourth-order valence-corrected chi connectivity index (χ4v) is 2.48. The van der Waals surface area contributed by atoms with Gasteiger partial charge in [-0.1, -0.05) is 12.1 Å². The zero-order chi connectivity index (χ0) is 14.4. The molecule has 2 rings (SSSR count). The van der Waals surface area contributed by atoms with Gasteiger partial charge in [-0.3, -0.25) is 4.68 Å². The van der Waals surface area contributed by atoms with Gasteiger partial charge in [-0.2, -0.15) is 5.10 Å². The second-order valence-electron chi connectivity index (χ2n) is 5.54. The van der Waals surface area contributed by atoms with Crippen molar-refractivity contribution in [2.45, 2.75) is 39.7 Å². The number of unbranched alkanes of at least 4 members (excludes halogenated alkanes) is 2. The van der Waals surface area contributed by atoms with Crippen LogP contribution in [0.1, 0.15) is 30.4 Å². The molecule has 0 atom stereocenters. The van der Waals surface area contributed by atoms with Gasteiger partial charge in [-0.25, -0.2) is 0 Å². The summed E-state index contributed by atoms with van der Waals surface area (Å²) in [5.74, 6) is 0. The quantitative estimate of drug-likeness (QED) is 0.714. The van der Waals surface area contributed by atoms with Crippen LogP contribution in [0.2, 0.25) is 0 Å². The molecule has 0 saturated heterocycles. The summed E-state index contributed by atoms with van der Waals surface area (Å²) >= 11 is 0. The molecule has 3 nitrogen and oxygen atoms in total. The van der Waals surface area contributed by atoms with Crippen molar-refractivity contribution in [3.05, 3.63) is 47.8 Å². The third kappa shape index (κ3) is 4.12. The van der Waals surface area contributed by atoms with Crippen molar-refractivity contribution in [3.63, 3.8) is 0 Å². The predicted octanol–water partition coefficient (Wildman–Crippen LogP) is 3.81. The van der Waals surface area contributed by atoms with Gasteiger partial charge in [-0.15, -0.1) is 0 Å². The molecular weight excluding hydrogens is 246 g/mol. The summed E-state index contributed by atoms with van der Waals surface area (Å²) in [4.78, 5) is 2.37. The second kappa shape index (κ2) is 7.13. The highest BCUT2D eigenvalue weighted by atomic mass is 15.3. The fraction of sp³-hybridized carbons (Fsp3) is 0.471. The molecule has 2 aromatic rings. The summed E-state index contributed by atoms with van der Waals surface area (Å²) in [7, 11) is 2.19. The lowest BCUT2D eigenvalue weighted by atomic mass is 10.1. The Labute approximate surface area is 122 Å². The van der Waals surface area contributed by atoms with Crippen molar-refractivity contribution >= 4 is 5.69 Å². The third-order valence-corrected chi connectivity index (χ3v) is 3.72. The number of hydrogen-bond acceptors (Lipinski definition) is 2. The summed E-state index contributed by atoms with van der Waals surface area (Å²) in [6.07, 6.45) is 7.54. The van der Waals surface area contributed by atoms with E-state index in [1.165, 1.54) is 36.1 Å². The van der Waals surface area contributed by atoms with Crippen LogP contribution in [0.3, 0.4) is 0 Å². The molecule has 0 bridgehead atoms. The van der Waals surface area contributed by atoms with Crippen LogP contribution in [-0.2, 0) is 6.54 Å². The van der Waals surface area contributed by atoms with Gasteiger partial charge in [0.05, 0.1) is 0 Å². The molecule has 0 aliphatic carbocycles. The standard InChI is InChI=1S/C17H25N3/c1-15-8-9-16(2)17(14-15)19(3)11-5-4-6-12-20-13-7-10-18-20/h7-10,13-14H,4-6,11-12H2,1-3H3. The normalized spacial score (nSPS) is 10.8. The van der Waals surface area contributed by atoms with Crippen LogP contribution in [0.15, 0.2) is 36.7 Å². The third-order valence-electron chi connectivity index (χ3n) is 3.72. The van der Waals surface area contributed by atoms with Crippen molar-refractivity contribution in [1.82, 2.24) is 9.78 Å². The number of hydrogen-bond donors (Lipinski definition) is 0. The topological polar surface area (TPSA) is 21.1 Å². The van der Waals surface area contributed by atoms with Crippen molar-refractivity contribution in [1.29, 1.82) is 0 Å². The van der Waals surface area contributed by atoms with Crippen LogP contribution >= 0.6 is 0 Å². The Morgan fingerprint density at radius 2 is 2.00 bits per heavy atom. The molecule has 3 heteroatoms. The first kappa shape index (κ1) is 14.6. The van der Waals surface area contributed by atoms with Gasteiger partial charge in [0.15, 0.2) is 0 Å². The van der Waals surface area contributed by atoms with Gasteiger partial charge >= 0.3 is 0 Å². The average Bonchev–Trinajstić information content (AvgIpc) is 2.94.